The Bertz CT molecular complexity index is 1400. The summed E-state index contributed by atoms with van der Waals surface area (Å²) in [5, 5.41) is 19.7. The van der Waals surface area contributed by atoms with Gasteiger partial charge >= 0.3 is 0 Å². The highest BCUT2D eigenvalue weighted by Crippen LogP contribution is 2.41. The summed E-state index contributed by atoms with van der Waals surface area (Å²) >= 11 is 1.22. The molecule has 188 valence electrons. The summed E-state index contributed by atoms with van der Waals surface area (Å²) in [6.45, 7) is 5.78. The predicted molar refractivity (Wildman–Crippen MR) is 147 cm³/mol. The maximum absolute atomic E-state index is 13.5. The third-order valence-corrected chi connectivity index (χ3v) is 7.12. The fraction of sp³-hybridized carbons (Fsp3) is 0.207. The van der Waals surface area contributed by atoms with E-state index in [0.29, 0.717) is 33.3 Å². The molecule has 8 heteroatoms. The summed E-state index contributed by atoms with van der Waals surface area (Å²) < 4.78 is 5.66. The van der Waals surface area contributed by atoms with Crippen molar-refractivity contribution < 1.29 is 14.0 Å². The minimum Gasteiger partial charge on any atom is -0.468 e. The molecule has 0 bridgehead atoms. The molecule has 1 aliphatic rings. The average Bonchev–Trinajstić information content (AvgIpc) is 3.43. The highest BCUT2D eigenvalue weighted by Gasteiger charge is 2.36. The molecule has 0 spiro atoms. The number of allylic oxidation sites excluding steroid dienone is 2. The van der Waals surface area contributed by atoms with Crippen molar-refractivity contribution in [1.29, 1.82) is 5.26 Å². The van der Waals surface area contributed by atoms with E-state index in [1.54, 1.807) is 19.1 Å². The van der Waals surface area contributed by atoms with Gasteiger partial charge in [0.25, 0.3) is 5.91 Å². The van der Waals surface area contributed by atoms with E-state index in [2.05, 4.69) is 28.9 Å². The molecule has 7 nitrogen and oxygen atoms in total. The number of furan rings is 1. The zero-order chi connectivity index (χ0) is 26.4. The normalized spacial score (nSPS) is 15.1. The van der Waals surface area contributed by atoms with Gasteiger partial charge in [0.15, 0.2) is 0 Å². The van der Waals surface area contributed by atoms with Crippen LogP contribution in [0.4, 0.5) is 11.4 Å². The van der Waals surface area contributed by atoms with Crippen LogP contribution in [-0.4, -0.2) is 17.6 Å². The van der Waals surface area contributed by atoms with E-state index in [4.69, 9.17) is 4.42 Å². The molecule has 1 aromatic heterocycles. The number of hydrogen-bond acceptors (Lipinski definition) is 6. The minimum atomic E-state index is -0.710. The summed E-state index contributed by atoms with van der Waals surface area (Å²) in [6, 6.07) is 20.9. The molecule has 4 rings (SSSR count). The Hall–Kier alpha value is -4.22. The number of nitriles is 1. The summed E-state index contributed by atoms with van der Waals surface area (Å²) in [7, 11) is 0. The molecule has 0 fully saturated rings. The monoisotopic (exact) mass is 512 g/mol. The van der Waals surface area contributed by atoms with Crippen molar-refractivity contribution in [3.63, 3.8) is 0 Å². The van der Waals surface area contributed by atoms with Crippen LogP contribution in [0, 0.1) is 18.3 Å². The summed E-state index contributed by atoms with van der Waals surface area (Å²) in [4.78, 5) is 26.1. The number of dihydropyridines is 1. The molecule has 3 aromatic rings. The lowest BCUT2D eigenvalue weighted by atomic mass is 9.85. The first-order valence-electron chi connectivity index (χ1n) is 11.9. The number of benzene rings is 2. The van der Waals surface area contributed by atoms with Crippen LogP contribution in [0.15, 0.2) is 93.2 Å². The van der Waals surface area contributed by atoms with Crippen molar-refractivity contribution in [2.45, 2.75) is 33.1 Å². The second-order valence-electron chi connectivity index (χ2n) is 8.62. The zero-order valence-corrected chi connectivity index (χ0v) is 21.7. The number of nitrogens with one attached hydrogen (secondary N) is 3. The molecule has 3 N–H and O–H groups in total. The van der Waals surface area contributed by atoms with Gasteiger partial charge in [-0.05, 0) is 61.7 Å². The van der Waals surface area contributed by atoms with Crippen molar-refractivity contribution in [1.82, 2.24) is 5.32 Å². The summed E-state index contributed by atoms with van der Waals surface area (Å²) in [5.74, 6) is -0.666. The first kappa shape index (κ1) is 25.9. The van der Waals surface area contributed by atoms with Crippen LogP contribution < -0.4 is 16.0 Å². The molecule has 0 radical (unpaired) electrons. The van der Waals surface area contributed by atoms with Crippen LogP contribution in [0.3, 0.4) is 0 Å². The third-order valence-electron chi connectivity index (χ3n) is 6.11. The Labute approximate surface area is 220 Å². The van der Waals surface area contributed by atoms with Gasteiger partial charge in [-0.2, -0.15) is 5.26 Å². The second-order valence-corrected chi connectivity index (χ2v) is 9.61. The molecule has 0 aliphatic carbocycles. The number of carbonyl (C=O) groups excluding carboxylic acids is 2. The van der Waals surface area contributed by atoms with Crippen LogP contribution in [-0.2, 0) is 16.0 Å². The van der Waals surface area contributed by atoms with E-state index >= 15 is 0 Å². The molecule has 2 aromatic carbocycles. The fourth-order valence-corrected chi connectivity index (χ4v) is 5.02. The molecular formula is C29H28N4O3S. The van der Waals surface area contributed by atoms with E-state index < -0.39 is 5.92 Å². The van der Waals surface area contributed by atoms with Crippen molar-refractivity contribution in [2.75, 3.05) is 16.4 Å². The van der Waals surface area contributed by atoms with E-state index in [-0.39, 0.29) is 17.6 Å². The number of carbonyl (C=O) groups is 2. The Morgan fingerprint density at radius 2 is 1.81 bits per heavy atom. The van der Waals surface area contributed by atoms with Crippen molar-refractivity contribution in [2.24, 2.45) is 0 Å². The zero-order valence-electron chi connectivity index (χ0n) is 20.9. The number of aryl methyl sites for hydroxylation is 2. The molecule has 1 atom stereocenters. The Morgan fingerprint density at radius 3 is 2.46 bits per heavy atom. The smallest absolute Gasteiger partial charge is 0.254 e. The number of nitrogens with zero attached hydrogens (tertiary/aromatic N) is 1. The number of thioether (sulfide) groups is 1. The maximum atomic E-state index is 13.5. The number of anilines is 2. The first-order valence-corrected chi connectivity index (χ1v) is 12.9. The molecule has 2 heterocycles. The van der Waals surface area contributed by atoms with Gasteiger partial charge in [-0.3, -0.25) is 9.59 Å². The molecule has 37 heavy (non-hydrogen) atoms. The van der Waals surface area contributed by atoms with Gasteiger partial charge in [-0.1, -0.05) is 49.0 Å². The standard InChI is InChI=1S/C29H28N4O3S/c1-4-20-11-13-21(14-12-20)32-28(35)26-19(3)31-29(22(16-30)27(26)24-10-7-15-36-24)37-17-25(34)33-23-9-6-5-8-18(23)2/h5-15,27,31H,4,17H2,1-3H3,(H,32,35)(H,33,34)/t27-/m1/s1. The minimum absolute atomic E-state index is 0.0886. The van der Waals surface area contributed by atoms with Gasteiger partial charge in [0, 0.05) is 17.1 Å². The number of rotatable bonds is 8. The Balaban J connectivity index is 1.57. The molecule has 2 amide bonds. The fourth-order valence-electron chi connectivity index (χ4n) is 4.13. The van der Waals surface area contributed by atoms with Crippen molar-refractivity contribution in [3.05, 3.63) is 106 Å². The molecule has 0 saturated heterocycles. The highest BCUT2D eigenvalue weighted by atomic mass is 32.2. The maximum Gasteiger partial charge on any atom is 0.254 e. The molecule has 0 saturated carbocycles. The molecule has 0 unspecified atom stereocenters. The van der Waals surface area contributed by atoms with Crippen LogP contribution in [0.2, 0.25) is 0 Å². The van der Waals surface area contributed by atoms with Gasteiger partial charge in [-0.15, -0.1) is 0 Å². The van der Waals surface area contributed by atoms with E-state index in [0.717, 1.165) is 17.7 Å². The number of hydrogen-bond donors (Lipinski definition) is 3. The van der Waals surface area contributed by atoms with Gasteiger partial charge in [0.2, 0.25) is 5.91 Å². The highest BCUT2D eigenvalue weighted by molar-refractivity contribution is 8.03. The van der Waals surface area contributed by atoms with Gasteiger partial charge in [0.1, 0.15) is 5.76 Å². The van der Waals surface area contributed by atoms with Crippen LogP contribution in [0.25, 0.3) is 0 Å². The number of amides is 2. The van der Waals surface area contributed by atoms with E-state index in [9.17, 15) is 14.9 Å². The average molecular weight is 513 g/mol. The summed E-state index contributed by atoms with van der Waals surface area (Å²) in [6.07, 6.45) is 2.42. The topological polar surface area (TPSA) is 107 Å². The lowest BCUT2D eigenvalue weighted by Crippen LogP contribution is -2.31. The van der Waals surface area contributed by atoms with Crippen molar-refractivity contribution in [3.8, 4) is 6.07 Å². The Morgan fingerprint density at radius 1 is 1.05 bits per heavy atom. The second kappa shape index (κ2) is 11.7. The van der Waals surface area contributed by atoms with E-state index in [1.807, 2.05) is 55.5 Å². The largest absolute Gasteiger partial charge is 0.468 e. The van der Waals surface area contributed by atoms with E-state index in [1.165, 1.54) is 23.6 Å². The van der Waals surface area contributed by atoms with Crippen LogP contribution >= 0.6 is 11.8 Å². The number of para-hydroxylation sites is 1. The van der Waals surface area contributed by atoms with Crippen LogP contribution in [0.5, 0.6) is 0 Å². The third kappa shape index (κ3) is 5.96. The SMILES string of the molecule is CCc1ccc(NC(=O)C2=C(C)NC(SCC(=O)Nc3ccccc3C)=C(C#N)[C@@H]2c2ccco2)cc1. The van der Waals surface area contributed by atoms with Gasteiger partial charge in [0.05, 0.1) is 40.2 Å². The van der Waals surface area contributed by atoms with Gasteiger partial charge < -0.3 is 20.4 Å². The first-order chi connectivity index (χ1) is 17.9. The summed E-state index contributed by atoms with van der Waals surface area (Å²) in [5.41, 5.74) is 4.84. The quantitative estimate of drug-likeness (QED) is 0.349. The molecule has 1 aliphatic heterocycles. The Kier molecular flexibility index (Phi) is 8.16. The van der Waals surface area contributed by atoms with Crippen molar-refractivity contribution >= 4 is 35.0 Å². The van der Waals surface area contributed by atoms with Gasteiger partial charge in [-0.25, -0.2) is 0 Å². The lowest BCUT2D eigenvalue weighted by Gasteiger charge is -2.28. The van der Waals surface area contributed by atoms with Crippen LogP contribution in [0.1, 0.15) is 36.7 Å². The molecular weight excluding hydrogens is 484 g/mol. The predicted octanol–water partition coefficient (Wildman–Crippen LogP) is 5.86. The lowest BCUT2D eigenvalue weighted by molar-refractivity contribution is -0.114.